The van der Waals surface area contributed by atoms with E-state index in [1.165, 1.54) is 7.11 Å². The van der Waals surface area contributed by atoms with Gasteiger partial charge in [-0.25, -0.2) is 8.42 Å². The van der Waals surface area contributed by atoms with E-state index in [1.807, 2.05) is 25.1 Å². The number of nitrogens with zero attached hydrogens (tertiary/aromatic N) is 1. The van der Waals surface area contributed by atoms with Gasteiger partial charge in [0.05, 0.1) is 12.0 Å². The number of methoxy groups -OCH3 is 1. The Balaban J connectivity index is 1.54. The summed E-state index contributed by atoms with van der Waals surface area (Å²) in [7, 11) is -1.90. The molecule has 1 saturated heterocycles. The maximum Gasteiger partial charge on any atom is 0.243 e. The number of aromatic hydroxyl groups is 1. The van der Waals surface area contributed by atoms with E-state index in [2.05, 4.69) is 5.32 Å². The minimum absolute atomic E-state index is 0.121. The van der Waals surface area contributed by atoms with Crippen molar-refractivity contribution in [2.75, 3.05) is 20.2 Å². The van der Waals surface area contributed by atoms with Crippen LogP contribution in [0.1, 0.15) is 24.0 Å². The van der Waals surface area contributed by atoms with Gasteiger partial charge < -0.3 is 15.2 Å². The average Bonchev–Trinajstić information content (AvgIpc) is 2.67. The minimum atomic E-state index is -3.42. The number of rotatable bonds is 6. The standard InChI is InChI=1S/C20H26N2O4S/c1-15-3-6-18(7-4-15)27(24,25)22-11-9-17(10-12-22)21-14-16-5-8-20(26-2)19(23)13-16/h3-8,13,17,21,23H,9-12,14H2,1-2H3. The van der Waals surface area contributed by atoms with Gasteiger partial charge in [-0.2, -0.15) is 4.31 Å². The molecule has 0 bridgehead atoms. The molecule has 0 aromatic heterocycles. The highest BCUT2D eigenvalue weighted by Gasteiger charge is 2.29. The van der Waals surface area contributed by atoms with Crippen molar-refractivity contribution in [3.8, 4) is 11.5 Å². The summed E-state index contributed by atoms with van der Waals surface area (Å²) in [6.07, 6.45) is 1.51. The molecule has 1 heterocycles. The molecule has 7 heteroatoms. The number of hydrogen-bond donors (Lipinski definition) is 2. The van der Waals surface area contributed by atoms with E-state index >= 15 is 0 Å². The molecule has 3 rings (SSSR count). The van der Waals surface area contributed by atoms with Crippen molar-refractivity contribution >= 4 is 10.0 Å². The van der Waals surface area contributed by atoms with Crippen molar-refractivity contribution in [3.05, 3.63) is 53.6 Å². The van der Waals surface area contributed by atoms with Crippen molar-refractivity contribution in [1.29, 1.82) is 0 Å². The molecule has 0 saturated carbocycles. The molecule has 2 aromatic carbocycles. The van der Waals surface area contributed by atoms with Crippen LogP contribution in [0, 0.1) is 6.92 Å². The number of phenols is 1. The number of hydrogen-bond acceptors (Lipinski definition) is 5. The Morgan fingerprint density at radius 3 is 2.41 bits per heavy atom. The van der Waals surface area contributed by atoms with Crippen LogP contribution in [0.25, 0.3) is 0 Å². The van der Waals surface area contributed by atoms with E-state index < -0.39 is 10.0 Å². The van der Waals surface area contributed by atoms with Crippen LogP contribution in [-0.2, 0) is 16.6 Å². The summed E-state index contributed by atoms with van der Waals surface area (Å²) < 4.78 is 32.1. The first-order valence-electron chi connectivity index (χ1n) is 9.06. The zero-order valence-corrected chi connectivity index (χ0v) is 16.5. The Morgan fingerprint density at radius 2 is 1.81 bits per heavy atom. The number of nitrogens with one attached hydrogen (secondary N) is 1. The first-order chi connectivity index (χ1) is 12.9. The monoisotopic (exact) mass is 390 g/mol. The largest absolute Gasteiger partial charge is 0.504 e. The van der Waals surface area contributed by atoms with Crippen LogP contribution in [0.5, 0.6) is 11.5 Å². The van der Waals surface area contributed by atoms with Gasteiger partial charge >= 0.3 is 0 Å². The Labute approximate surface area is 160 Å². The molecular formula is C20H26N2O4S. The molecule has 1 aliphatic rings. The first-order valence-corrected chi connectivity index (χ1v) is 10.5. The summed E-state index contributed by atoms with van der Waals surface area (Å²) in [4.78, 5) is 0.355. The smallest absolute Gasteiger partial charge is 0.243 e. The van der Waals surface area contributed by atoms with Crippen molar-refractivity contribution in [2.24, 2.45) is 0 Å². The lowest BCUT2D eigenvalue weighted by Gasteiger charge is -2.31. The Morgan fingerprint density at radius 1 is 1.15 bits per heavy atom. The second-order valence-electron chi connectivity index (χ2n) is 6.88. The van der Waals surface area contributed by atoms with Crippen LogP contribution >= 0.6 is 0 Å². The Hall–Kier alpha value is -2.09. The lowest BCUT2D eigenvalue weighted by atomic mass is 10.1. The first kappa shape index (κ1) is 19.7. The third-order valence-corrected chi connectivity index (χ3v) is 6.86. The number of ether oxygens (including phenoxy) is 1. The van der Waals surface area contributed by atoms with E-state index in [9.17, 15) is 13.5 Å². The molecule has 0 aliphatic carbocycles. The maximum absolute atomic E-state index is 12.7. The van der Waals surface area contributed by atoms with Crippen molar-refractivity contribution in [1.82, 2.24) is 9.62 Å². The van der Waals surface area contributed by atoms with E-state index in [0.29, 0.717) is 30.3 Å². The van der Waals surface area contributed by atoms with Gasteiger partial charge in [0.2, 0.25) is 10.0 Å². The summed E-state index contributed by atoms with van der Waals surface area (Å²) in [5, 5.41) is 13.3. The molecule has 6 nitrogen and oxygen atoms in total. The van der Waals surface area contributed by atoms with Crippen LogP contribution in [-0.4, -0.2) is 44.1 Å². The molecule has 2 N–H and O–H groups in total. The van der Waals surface area contributed by atoms with Crippen LogP contribution < -0.4 is 10.1 Å². The number of phenolic OH excluding ortho intramolecular Hbond substituents is 1. The van der Waals surface area contributed by atoms with Gasteiger partial charge in [0, 0.05) is 25.7 Å². The third-order valence-electron chi connectivity index (χ3n) is 4.95. The predicted molar refractivity (Wildman–Crippen MR) is 104 cm³/mol. The molecular weight excluding hydrogens is 364 g/mol. The van der Waals surface area contributed by atoms with Gasteiger partial charge in [-0.05, 0) is 49.6 Å². The fourth-order valence-corrected chi connectivity index (χ4v) is 4.74. The fourth-order valence-electron chi connectivity index (χ4n) is 3.27. The summed E-state index contributed by atoms with van der Waals surface area (Å²) in [6.45, 7) is 3.56. The van der Waals surface area contributed by atoms with Gasteiger partial charge in [0.15, 0.2) is 11.5 Å². The van der Waals surface area contributed by atoms with Crippen molar-refractivity contribution in [3.63, 3.8) is 0 Å². The normalized spacial score (nSPS) is 16.4. The highest BCUT2D eigenvalue weighted by Crippen LogP contribution is 2.26. The topological polar surface area (TPSA) is 78.9 Å². The van der Waals surface area contributed by atoms with E-state index in [0.717, 1.165) is 24.0 Å². The number of piperidine rings is 1. The predicted octanol–water partition coefficient (Wildman–Crippen LogP) is 2.65. The lowest BCUT2D eigenvalue weighted by molar-refractivity contribution is 0.288. The molecule has 0 spiro atoms. The van der Waals surface area contributed by atoms with Gasteiger partial charge in [0.25, 0.3) is 0 Å². The maximum atomic E-state index is 12.7. The molecule has 2 aromatic rings. The van der Waals surface area contributed by atoms with E-state index in [-0.39, 0.29) is 11.8 Å². The van der Waals surface area contributed by atoms with Gasteiger partial charge in [0.1, 0.15) is 0 Å². The summed E-state index contributed by atoms with van der Waals surface area (Å²) >= 11 is 0. The summed E-state index contributed by atoms with van der Waals surface area (Å²) in [6, 6.07) is 12.6. The Bertz CT molecular complexity index is 873. The van der Waals surface area contributed by atoms with Crippen molar-refractivity contribution < 1.29 is 18.3 Å². The second-order valence-corrected chi connectivity index (χ2v) is 8.82. The molecule has 0 amide bonds. The highest BCUT2D eigenvalue weighted by atomic mass is 32.2. The fraction of sp³-hybridized carbons (Fsp3) is 0.400. The van der Waals surface area contributed by atoms with E-state index in [4.69, 9.17) is 4.74 Å². The second kappa shape index (κ2) is 8.29. The van der Waals surface area contributed by atoms with Gasteiger partial charge in [-0.3, -0.25) is 0 Å². The third kappa shape index (κ3) is 4.61. The SMILES string of the molecule is COc1ccc(CNC2CCN(S(=O)(=O)c3ccc(C)cc3)CC2)cc1O. The molecule has 0 atom stereocenters. The van der Waals surface area contributed by atoms with Crippen molar-refractivity contribution in [2.45, 2.75) is 37.2 Å². The zero-order chi connectivity index (χ0) is 19.4. The van der Waals surface area contributed by atoms with E-state index in [1.54, 1.807) is 28.6 Å². The van der Waals surface area contributed by atoms with Crippen LogP contribution in [0.15, 0.2) is 47.4 Å². The molecule has 146 valence electrons. The Kier molecular flexibility index (Phi) is 6.04. The van der Waals surface area contributed by atoms with Gasteiger partial charge in [-0.15, -0.1) is 0 Å². The molecule has 0 unspecified atom stereocenters. The zero-order valence-electron chi connectivity index (χ0n) is 15.7. The van der Waals surface area contributed by atoms with Crippen LogP contribution in [0.2, 0.25) is 0 Å². The molecule has 27 heavy (non-hydrogen) atoms. The summed E-state index contributed by atoms with van der Waals surface area (Å²) in [5.74, 6) is 0.573. The van der Waals surface area contributed by atoms with Crippen LogP contribution in [0.3, 0.4) is 0 Å². The van der Waals surface area contributed by atoms with Gasteiger partial charge in [-0.1, -0.05) is 23.8 Å². The minimum Gasteiger partial charge on any atom is -0.504 e. The number of sulfonamides is 1. The van der Waals surface area contributed by atoms with Crippen LogP contribution in [0.4, 0.5) is 0 Å². The average molecular weight is 391 g/mol. The highest BCUT2D eigenvalue weighted by molar-refractivity contribution is 7.89. The molecule has 0 radical (unpaired) electrons. The quantitative estimate of drug-likeness (QED) is 0.793. The number of aryl methyl sites for hydroxylation is 1. The number of benzene rings is 2. The molecule has 1 aliphatic heterocycles. The summed E-state index contributed by atoms with van der Waals surface area (Å²) in [5.41, 5.74) is 2.00. The molecule has 1 fully saturated rings. The lowest BCUT2D eigenvalue weighted by Crippen LogP contribution is -2.44.